The summed E-state index contributed by atoms with van der Waals surface area (Å²) in [6, 6.07) is 6.28. The second kappa shape index (κ2) is 4.21. The number of primary amides is 1. The Hall–Kier alpha value is -1.82. The molecule has 0 aliphatic carbocycles. The van der Waals surface area contributed by atoms with Gasteiger partial charge in [0.15, 0.2) is 0 Å². The molecule has 0 unspecified atom stereocenters. The van der Waals surface area contributed by atoms with Crippen molar-refractivity contribution in [2.75, 3.05) is 5.73 Å². The third kappa shape index (κ3) is 2.03. The molecule has 1 aromatic heterocycles. The van der Waals surface area contributed by atoms with Gasteiger partial charge in [-0.15, -0.1) is 0 Å². The average Bonchev–Trinajstić information content (AvgIpc) is 2.64. The van der Waals surface area contributed by atoms with E-state index in [0.29, 0.717) is 15.7 Å². The molecule has 0 spiro atoms. The van der Waals surface area contributed by atoms with E-state index in [2.05, 4.69) is 20.9 Å². The number of aromatic amines is 1. The Balaban J connectivity index is 2.58. The number of hydrogen-bond donors (Lipinski definition) is 3. The first-order chi connectivity index (χ1) is 8.00. The van der Waals surface area contributed by atoms with Crippen LogP contribution >= 0.6 is 15.9 Å². The first kappa shape index (κ1) is 11.7. The van der Waals surface area contributed by atoms with Gasteiger partial charge in [0, 0.05) is 5.56 Å². The van der Waals surface area contributed by atoms with E-state index in [1.54, 1.807) is 18.2 Å². The second-order valence-corrected chi connectivity index (χ2v) is 4.33. The van der Waals surface area contributed by atoms with Gasteiger partial charge in [-0.3, -0.25) is 4.79 Å². The van der Waals surface area contributed by atoms with Crippen molar-refractivity contribution in [3.05, 3.63) is 40.1 Å². The van der Waals surface area contributed by atoms with Crippen LogP contribution < -0.4 is 11.5 Å². The Morgan fingerprint density at radius 1 is 1.41 bits per heavy atom. The van der Waals surface area contributed by atoms with Crippen LogP contribution in [-0.4, -0.2) is 10.9 Å². The molecule has 2 aromatic rings. The first-order valence-corrected chi connectivity index (χ1v) is 5.52. The highest BCUT2D eigenvalue weighted by molar-refractivity contribution is 9.10. The van der Waals surface area contributed by atoms with E-state index in [1.165, 1.54) is 6.07 Å². The van der Waals surface area contributed by atoms with Gasteiger partial charge < -0.3 is 16.5 Å². The summed E-state index contributed by atoms with van der Waals surface area (Å²) in [5.41, 5.74) is 11.6. The zero-order valence-electron chi connectivity index (χ0n) is 8.63. The Labute approximate surface area is 105 Å². The van der Waals surface area contributed by atoms with Crippen molar-refractivity contribution < 1.29 is 9.18 Å². The van der Waals surface area contributed by atoms with Crippen LogP contribution in [0.2, 0.25) is 0 Å². The van der Waals surface area contributed by atoms with Crippen LogP contribution in [0.4, 0.5) is 10.2 Å². The maximum Gasteiger partial charge on any atom is 0.252 e. The number of nitrogens with one attached hydrogen (secondary N) is 1. The summed E-state index contributed by atoms with van der Waals surface area (Å²) < 4.78 is 14.1. The second-order valence-electron chi connectivity index (χ2n) is 3.48. The third-order valence-corrected chi connectivity index (χ3v) is 2.97. The zero-order valence-corrected chi connectivity index (χ0v) is 10.2. The Bertz CT molecular complexity index is 594. The molecule has 0 atom stereocenters. The van der Waals surface area contributed by atoms with Crippen LogP contribution in [0.25, 0.3) is 11.3 Å². The third-order valence-electron chi connectivity index (χ3n) is 2.36. The van der Waals surface area contributed by atoms with Crippen molar-refractivity contribution in [3.8, 4) is 11.3 Å². The average molecular weight is 298 g/mol. The summed E-state index contributed by atoms with van der Waals surface area (Å²) in [6.45, 7) is 0. The molecule has 17 heavy (non-hydrogen) atoms. The van der Waals surface area contributed by atoms with Crippen LogP contribution in [0.3, 0.4) is 0 Å². The molecule has 2 rings (SSSR count). The van der Waals surface area contributed by atoms with Crippen LogP contribution in [-0.2, 0) is 0 Å². The minimum absolute atomic E-state index is 0.131. The molecular weight excluding hydrogens is 289 g/mol. The van der Waals surface area contributed by atoms with Crippen molar-refractivity contribution in [1.82, 2.24) is 4.98 Å². The normalized spacial score (nSPS) is 10.5. The summed E-state index contributed by atoms with van der Waals surface area (Å²) in [5, 5.41) is 0. The molecule has 0 bridgehead atoms. The largest absolute Gasteiger partial charge is 0.385 e. The van der Waals surface area contributed by atoms with E-state index < -0.39 is 11.7 Å². The topological polar surface area (TPSA) is 84.9 Å². The highest BCUT2D eigenvalue weighted by Gasteiger charge is 2.15. The number of hydrogen-bond acceptors (Lipinski definition) is 2. The Morgan fingerprint density at radius 3 is 2.71 bits per heavy atom. The van der Waals surface area contributed by atoms with Crippen molar-refractivity contribution >= 4 is 27.7 Å². The predicted octanol–water partition coefficient (Wildman–Crippen LogP) is 2.26. The lowest BCUT2D eigenvalue weighted by atomic mass is 10.1. The molecule has 0 fully saturated rings. The Kier molecular flexibility index (Phi) is 2.89. The summed E-state index contributed by atoms with van der Waals surface area (Å²) in [4.78, 5) is 13.8. The van der Waals surface area contributed by atoms with Gasteiger partial charge in [-0.25, -0.2) is 4.39 Å². The van der Waals surface area contributed by atoms with E-state index in [-0.39, 0.29) is 11.4 Å². The van der Waals surface area contributed by atoms with E-state index >= 15 is 0 Å². The number of benzene rings is 1. The molecule has 1 heterocycles. The van der Waals surface area contributed by atoms with Gasteiger partial charge in [-0.1, -0.05) is 6.07 Å². The van der Waals surface area contributed by atoms with Crippen LogP contribution in [0.15, 0.2) is 28.7 Å². The minimum atomic E-state index is -0.652. The van der Waals surface area contributed by atoms with Gasteiger partial charge in [0.2, 0.25) is 0 Å². The van der Waals surface area contributed by atoms with Crippen molar-refractivity contribution in [2.45, 2.75) is 0 Å². The van der Waals surface area contributed by atoms with Crippen LogP contribution in [0.5, 0.6) is 0 Å². The summed E-state index contributed by atoms with van der Waals surface area (Å²) in [5.74, 6) is -0.947. The van der Waals surface area contributed by atoms with Gasteiger partial charge in [0.25, 0.3) is 5.91 Å². The number of aromatic nitrogens is 1. The lowest BCUT2D eigenvalue weighted by Crippen LogP contribution is -2.11. The van der Waals surface area contributed by atoms with Gasteiger partial charge in [0.1, 0.15) is 11.6 Å². The van der Waals surface area contributed by atoms with Crippen molar-refractivity contribution in [2.24, 2.45) is 5.73 Å². The summed E-state index contributed by atoms with van der Waals surface area (Å²) in [7, 11) is 0. The summed E-state index contributed by atoms with van der Waals surface area (Å²) >= 11 is 3.09. The van der Waals surface area contributed by atoms with Crippen molar-refractivity contribution in [1.29, 1.82) is 0 Å². The van der Waals surface area contributed by atoms with E-state index in [1.807, 2.05) is 0 Å². The molecule has 1 aromatic carbocycles. The van der Waals surface area contributed by atoms with E-state index in [4.69, 9.17) is 11.5 Å². The molecule has 5 N–H and O–H groups in total. The first-order valence-electron chi connectivity index (χ1n) is 4.73. The fraction of sp³-hybridized carbons (Fsp3) is 0. The molecular formula is C11H9BrFN3O. The van der Waals surface area contributed by atoms with E-state index in [0.717, 1.165) is 0 Å². The number of carbonyl (C=O) groups excluding carboxylic acids is 1. The predicted molar refractivity (Wildman–Crippen MR) is 66.8 cm³/mol. The molecule has 6 heteroatoms. The highest BCUT2D eigenvalue weighted by atomic mass is 79.9. The number of amides is 1. The van der Waals surface area contributed by atoms with Gasteiger partial charge in [-0.2, -0.15) is 0 Å². The van der Waals surface area contributed by atoms with Gasteiger partial charge in [-0.05, 0) is 34.1 Å². The maximum atomic E-state index is 13.8. The standard InChI is InChI=1S/C11H9BrFN3O/c12-7-3-1-2-5(9(7)13)8-4-6(11(15)17)10(14)16-8/h1-4,16H,14H2,(H2,15,17). The minimum Gasteiger partial charge on any atom is -0.385 e. The number of carbonyl (C=O) groups is 1. The fourth-order valence-electron chi connectivity index (χ4n) is 1.53. The molecule has 0 aliphatic rings. The van der Waals surface area contributed by atoms with Crippen LogP contribution in [0, 0.1) is 5.82 Å². The smallest absolute Gasteiger partial charge is 0.252 e. The monoisotopic (exact) mass is 297 g/mol. The number of nitrogens with two attached hydrogens (primary N) is 2. The number of rotatable bonds is 2. The quantitative estimate of drug-likeness (QED) is 0.794. The van der Waals surface area contributed by atoms with Crippen molar-refractivity contribution in [3.63, 3.8) is 0 Å². The number of H-pyrrole nitrogens is 1. The zero-order chi connectivity index (χ0) is 12.6. The maximum absolute atomic E-state index is 13.8. The number of nitrogen functional groups attached to an aromatic ring is 1. The highest BCUT2D eigenvalue weighted by Crippen LogP contribution is 2.29. The molecule has 0 saturated heterocycles. The van der Waals surface area contributed by atoms with E-state index in [9.17, 15) is 9.18 Å². The molecule has 0 aliphatic heterocycles. The number of anilines is 1. The molecule has 0 saturated carbocycles. The lowest BCUT2D eigenvalue weighted by molar-refractivity contribution is 0.100. The lowest BCUT2D eigenvalue weighted by Gasteiger charge is -2.01. The number of halogens is 2. The van der Waals surface area contributed by atoms with Gasteiger partial charge >= 0.3 is 0 Å². The molecule has 0 radical (unpaired) electrons. The summed E-state index contributed by atoms with van der Waals surface area (Å²) in [6.07, 6.45) is 0. The Morgan fingerprint density at radius 2 is 2.12 bits per heavy atom. The molecule has 88 valence electrons. The molecule has 1 amide bonds. The van der Waals surface area contributed by atoms with Gasteiger partial charge in [0.05, 0.1) is 15.7 Å². The molecule has 4 nitrogen and oxygen atoms in total. The fourth-order valence-corrected chi connectivity index (χ4v) is 1.90. The SMILES string of the molecule is NC(=O)c1cc(-c2cccc(Br)c2F)[nH]c1N. The van der Waals surface area contributed by atoms with Crippen LogP contribution in [0.1, 0.15) is 10.4 Å².